The van der Waals surface area contributed by atoms with E-state index in [2.05, 4.69) is 5.16 Å². The van der Waals surface area contributed by atoms with Gasteiger partial charge in [0.2, 0.25) is 0 Å². The Hall–Kier alpha value is -1.93. The Morgan fingerprint density at radius 3 is 2.37 bits per heavy atom. The van der Waals surface area contributed by atoms with Gasteiger partial charge in [0.25, 0.3) is 0 Å². The van der Waals surface area contributed by atoms with Crippen LogP contribution in [-0.4, -0.2) is 51.3 Å². The molecule has 0 aliphatic heterocycles. The normalized spacial score (nSPS) is 23.3. The van der Waals surface area contributed by atoms with Gasteiger partial charge in [0.05, 0.1) is 23.4 Å². The van der Waals surface area contributed by atoms with E-state index in [-0.39, 0.29) is 28.1 Å². The van der Waals surface area contributed by atoms with Gasteiger partial charge in [-0.25, -0.2) is 13.2 Å². The lowest BCUT2D eigenvalue weighted by Crippen LogP contribution is -2.19. The number of methoxy groups -OCH3 is 1. The van der Waals surface area contributed by atoms with Crippen molar-refractivity contribution in [3.05, 3.63) is 29.8 Å². The van der Waals surface area contributed by atoms with E-state index in [9.17, 15) is 13.2 Å². The molecule has 0 N–H and O–H groups in total. The zero-order valence-electron chi connectivity index (χ0n) is 15.6. The SMILES string of the molecule is CCOC1CC[C@@H](ON=C(C(=O)OC)c2ccc(S(=O)(=O)C3CC3)cc2)C1. The Bertz CT molecular complexity index is 798. The van der Waals surface area contributed by atoms with Crippen molar-refractivity contribution >= 4 is 21.5 Å². The summed E-state index contributed by atoms with van der Waals surface area (Å²) in [4.78, 5) is 17.9. The van der Waals surface area contributed by atoms with Crippen LogP contribution in [0.25, 0.3) is 0 Å². The van der Waals surface area contributed by atoms with Crippen molar-refractivity contribution in [3.63, 3.8) is 0 Å². The fourth-order valence-electron chi connectivity index (χ4n) is 3.19. The van der Waals surface area contributed by atoms with Crippen LogP contribution < -0.4 is 0 Å². The maximum atomic E-state index is 12.3. The average molecular weight is 395 g/mol. The van der Waals surface area contributed by atoms with Gasteiger partial charge in [0, 0.05) is 18.6 Å². The molecule has 27 heavy (non-hydrogen) atoms. The zero-order valence-corrected chi connectivity index (χ0v) is 16.4. The third-order valence-corrected chi connectivity index (χ3v) is 7.11. The first-order valence-corrected chi connectivity index (χ1v) is 10.8. The van der Waals surface area contributed by atoms with Crippen LogP contribution in [0.4, 0.5) is 0 Å². The fraction of sp³-hybridized carbons (Fsp3) is 0.579. The van der Waals surface area contributed by atoms with Crippen molar-refractivity contribution in [2.75, 3.05) is 13.7 Å². The van der Waals surface area contributed by atoms with Crippen molar-refractivity contribution in [3.8, 4) is 0 Å². The number of esters is 1. The molecular formula is C19H25NO6S. The summed E-state index contributed by atoms with van der Waals surface area (Å²) in [7, 11) is -2.00. The fourth-order valence-corrected chi connectivity index (χ4v) is 4.85. The van der Waals surface area contributed by atoms with E-state index in [1.54, 1.807) is 12.1 Å². The summed E-state index contributed by atoms with van der Waals surface area (Å²) in [6, 6.07) is 6.13. The van der Waals surface area contributed by atoms with E-state index in [1.165, 1.54) is 19.2 Å². The highest BCUT2D eigenvalue weighted by atomic mass is 32.2. The first-order chi connectivity index (χ1) is 13.0. The molecule has 0 saturated heterocycles. The van der Waals surface area contributed by atoms with E-state index < -0.39 is 15.8 Å². The smallest absolute Gasteiger partial charge is 0.360 e. The predicted molar refractivity (Wildman–Crippen MR) is 99.3 cm³/mol. The van der Waals surface area contributed by atoms with Crippen LogP contribution in [0.2, 0.25) is 0 Å². The van der Waals surface area contributed by atoms with Gasteiger partial charge in [0.1, 0.15) is 6.10 Å². The molecule has 0 aromatic heterocycles. The minimum Gasteiger partial charge on any atom is -0.464 e. The number of hydrogen-bond acceptors (Lipinski definition) is 7. The van der Waals surface area contributed by atoms with E-state index in [0.29, 0.717) is 25.0 Å². The number of sulfone groups is 1. The molecule has 8 heteroatoms. The molecule has 0 spiro atoms. The summed E-state index contributed by atoms with van der Waals surface area (Å²) in [5, 5.41) is 3.74. The highest BCUT2D eigenvalue weighted by molar-refractivity contribution is 7.92. The molecule has 2 aliphatic rings. The molecule has 0 heterocycles. The molecule has 7 nitrogen and oxygen atoms in total. The first-order valence-electron chi connectivity index (χ1n) is 9.23. The molecular weight excluding hydrogens is 370 g/mol. The third-order valence-electron chi connectivity index (χ3n) is 4.83. The number of oxime groups is 1. The second kappa shape index (κ2) is 8.39. The Kier molecular flexibility index (Phi) is 6.16. The predicted octanol–water partition coefficient (Wildman–Crippen LogP) is 2.47. The third kappa shape index (κ3) is 4.68. The molecule has 0 amide bonds. The zero-order chi connectivity index (χ0) is 19.4. The Labute approximate surface area is 159 Å². The van der Waals surface area contributed by atoms with E-state index >= 15 is 0 Å². The van der Waals surface area contributed by atoms with Crippen LogP contribution in [-0.2, 0) is 28.9 Å². The standard InChI is InChI=1S/C19H25NO6S/c1-3-25-14-6-7-15(12-14)26-20-18(19(21)24-2)13-4-8-16(9-5-13)27(22,23)17-10-11-17/h4-5,8-9,14-15,17H,3,6-7,10-12H2,1-2H3/t14?,15-/m1/s1. The van der Waals surface area contributed by atoms with Crippen molar-refractivity contribution in [1.29, 1.82) is 0 Å². The molecule has 2 saturated carbocycles. The highest BCUT2D eigenvalue weighted by Gasteiger charge is 2.36. The van der Waals surface area contributed by atoms with Crippen molar-refractivity contribution in [2.45, 2.75) is 61.4 Å². The molecule has 0 radical (unpaired) electrons. The second-order valence-corrected chi connectivity index (χ2v) is 9.05. The van der Waals surface area contributed by atoms with E-state index in [1.807, 2.05) is 6.92 Å². The highest BCUT2D eigenvalue weighted by Crippen LogP contribution is 2.33. The lowest BCUT2D eigenvalue weighted by molar-refractivity contribution is -0.132. The quantitative estimate of drug-likeness (QED) is 0.381. The number of carbonyl (C=O) groups excluding carboxylic acids is 1. The molecule has 0 bridgehead atoms. The summed E-state index contributed by atoms with van der Waals surface area (Å²) >= 11 is 0. The molecule has 3 rings (SSSR count). The Balaban J connectivity index is 1.74. The van der Waals surface area contributed by atoms with Gasteiger partial charge in [-0.3, -0.25) is 0 Å². The van der Waals surface area contributed by atoms with Crippen LogP contribution in [0.1, 0.15) is 44.6 Å². The molecule has 2 fully saturated rings. The summed E-state index contributed by atoms with van der Waals surface area (Å²) in [6.07, 6.45) is 3.88. The lowest BCUT2D eigenvalue weighted by atomic mass is 10.1. The monoisotopic (exact) mass is 395 g/mol. The van der Waals surface area contributed by atoms with Crippen LogP contribution in [0, 0.1) is 0 Å². The average Bonchev–Trinajstić information content (AvgIpc) is 3.44. The number of nitrogens with zero attached hydrogens (tertiary/aromatic N) is 1. The minimum atomic E-state index is -3.27. The topological polar surface area (TPSA) is 91.3 Å². The van der Waals surface area contributed by atoms with Gasteiger partial charge in [-0.1, -0.05) is 17.3 Å². The number of carbonyl (C=O) groups is 1. The number of ether oxygens (including phenoxy) is 2. The van der Waals surface area contributed by atoms with E-state index in [4.69, 9.17) is 14.3 Å². The van der Waals surface area contributed by atoms with Gasteiger partial charge in [-0.05, 0) is 44.7 Å². The van der Waals surface area contributed by atoms with Crippen LogP contribution in [0.3, 0.4) is 0 Å². The van der Waals surface area contributed by atoms with Crippen molar-refractivity contribution < 1.29 is 27.5 Å². The molecule has 2 aliphatic carbocycles. The molecule has 148 valence electrons. The van der Waals surface area contributed by atoms with Gasteiger partial charge in [-0.15, -0.1) is 0 Å². The summed E-state index contributed by atoms with van der Waals surface area (Å²) < 4.78 is 35.0. The lowest BCUT2D eigenvalue weighted by Gasteiger charge is -2.11. The van der Waals surface area contributed by atoms with Gasteiger partial charge >= 0.3 is 5.97 Å². The Morgan fingerprint density at radius 2 is 1.78 bits per heavy atom. The van der Waals surface area contributed by atoms with Crippen LogP contribution in [0.5, 0.6) is 0 Å². The Morgan fingerprint density at radius 1 is 1.11 bits per heavy atom. The van der Waals surface area contributed by atoms with Crippen molar-refractivity contribution in [2.24, 2.45) is 5.16 Å². The largest absolute Gasteiger partial charge is 0.464 e. The van der Waals surface area contributed by atoms with Gasteiger partial charge in [0.15, 0.2) is 15.5 Å². The summed E-state index contributed by atoms with van der Waals surface area (Å²) in [5.41, 5.74) is 0.476. The summed E-state index contributed by atoms with van der Waals surface area (Å²) in [6.45, 7) is 2.61. The van der Waals surface area contributed by atoms with Gasteiger partial charge < -0.3 is 14.3 Å². The first kappa shape index (κ1) is 19.8. The maximum Gasteiger partial charge on any atom is 0.360 e. The maximum absolute atomic E-state index is 12.3. The number of rotatable bonds is 8. The molecule has 1 aromatic rings. The molecule has 1 unspecified atom stereocenters. The van der Waals surface area contributed by atoms with Crippen molar-refractivity contribution in [1.82, 2.24) is 0 Å². The van der Waals surface area contributed by atoms with Gasteiger partial charge in [-0.2, -0.15) is 0 Å². The summed E-state index contributed by atoms with van der Waals surface area (Å²) in [5.74, 6) is -0.632. The number of hydrogen-bond donors (Lipinski definition) is 0. The minimum absolute atomic E-state index is 0.0210. The van der Waals surface area contributed by atoms with Crippen LogP contribution in [0.15, 0.2) is 34.3 Å². The molecule has 1 aromatic carbocycles. The van der Waals surface area contributed by atoms with E-state index in [0.717, 1.165) is 19.3 Å². The van der Waals surface area contributed by atoms with Crippen LogP contribution >= 0.6 is 0 Å². The second-order valence-electron chi connectivity index (χ2n) is 6.82. The molecule has 2 atom stereocenters. The number of benzene rings is 1.